The Bertz CT molecular complexity index is 684. The van der Waals surface area contributed by atoms with Gasteiger partial charge in [0.05, 0.1) is 11.1 Å². The van der Waals surface area contributed by atoms with E-state index in [9.17, 15) is 9.18 Å². The van der Waals surface area contributed by atoms with Gasteiger partial charge in [-0.3, -0.25) is 0 Å². The van der Waals surface area contributed by atoms with E-state index >= 15 is 0 Å². The third-order valence-electron chi connectivity index (χ3n) is 4.43. The number of aromatic nitrogens is 2. The van der Waals surface area contributed by atoms with Crippen LogP contribution in [-0.4, -0.2) is 21.0 Å². The summed E-state index contributed by atoms with van der Waals surface area (Å²) < 4.78 is 13.4. The fourth-order valence-corrected chi connectivity index (χ4v) is 3.40. The van der Waals surface area contributed by atoms with Gasteiger partial charge in [0.25, 0.3) is 0 Å². The molecule has 2 aliphatic rings. The number of nitrogens with one attached hydrogen (secondary N) is 1. The summed E-state index contributed by atoms with van der Waals surface area (Å²) in [7, 11) is 0. The lowest BCUT2D eigenvalue weighted by atomic mass is 10.0. The Kier molecular flexibility index (Phi) is 2.05. The molecule has 0 bridgehead atoms. The van der Waals surface area contributed by atoms with Crippen molar-refractivity contribution in [3.63, 3.8) is 0 Å². The van der Waals surface area contributed by atoms with Crippen LogP contribution in [0.1, 0.15) is 41.4 Å². The van der Waals surface area contributed by atoms with Crippen LogP contribution in [0.4, 0.5) is 4.39 Å². The Morgan fingerprint density at radius 3 is 2.74 bits per heavy atom. The Morgan fingerprint density at radius 2 is 2.05 bits per heavy atom. The highest BCUT2D eigenvalue weighted by atomic mass is 19.1. The van der Waals surface area contributed by atoms with Gasteiger partial charge in [0.2, 0.25) is 0 Å². The largest absolute Gasteiger partial charge is 0.478 e. The molecule has 0 radical (unpaired) electrons. The molecule has 2 N–H and O–H groups in total. The topological polar surface area (TPSA) is 66.0 Å². The smallest absolute Gasteiger partial charge is 0.338 e. The molecule has 4 rings (SSSR count). The molecule has 2 atom stereocenters. The average molecular weight is 260 g/mol. The van der Waals surface area contributed by atoms with Gasteiger partial charge < -0.3 is 10.1 Å². The Balaban J connectivity index is 1.81. The lowest BCUT2D eigenvalue weighted by Crippen LogP contribution is -1.99. The number of H-pyrrole nitrogens is 1. The van der Waals surface area contributed by atoms with Gasteiger partial charge in [-0.25, -0.2) is 14.2 Å². The summed E-state index contributed by atoms with van der Waals surface area (Å²) in [6, 6.07) is 2.34. The maximum Gasteiger partial charge on any atom is 0.338 e. The molecular weight excluding hydrogens is 247 g/mol. The second-order valence-corrected chi connectivity index (χ2v) is 5.70. The zero-order valence-corrected chi connectivity index (χ0v) is 10.2. The molecule has 0 spiro atoms. The summed E-state index contributed by atoms with van der Waals surface area (Å²) >= 11 is 0. The highest BCUT2D eigenvalue weighted by Gasteiger charge is 2.47. The number of benzene rings is 1. The van der Waals surface area contributed by atoms with Crippen molar-refractivity contribution in [3.8, 4) is 0 Å². The summed E-state index contributed by atoms with van der Waals surface area (Å²) in [5.41, 5.74) is 0.776. The summed E-state index contributed by atoms with van der Waals surface area (Å²) in [6.07, 6.45) is 3.57. The van der Waals surface area contributed by atoms with Crippen LogP contribution in [0.2, 0.25) is 0 Å². The number of hydrogen-bond donors (Lipinski definition) is 2. The van der Waals surface area contributed by atoms with Gasteiger partial charge in [-0.1, -0.05) is 0 Å². The summed E-state index contributed by atoms with van der Waals surface area (Å²) in [4.78, 5) is 18.6. The Hall–Kier alpha value is -1.91. The van der Waals surface area contributed by atoms with Crippen molar-refractivity contribution < 1.29 is 14.3 Å². The number of hydrogen-bond acceptors (Lipinski definition) is 2. The number of rotatable bonds is 2. The van der Waals surface area contributed by atoms with Gasteiger partial charge >= 0.3 is 5.97 Å². The fraction of sp³-hybridized carbons (Fsp3) is 0.429. The molecule has 1 aromatic heterocycles. The third kappa shape index (κ3) is 1.64. The van der Waals surface area contributed by atoms with Crippen LogP contribution in [0.5, 0.6) is 0 Å². The second kappa shape index (κ2) is 3.56. The quantitative estimate of drug-likeness (QED) is 0.872. The molecule has 0 aliphatic heterocycles. The van der Waals surface area contributed by atoms with E-state index in [4.69, 9.17) is 5.11 Å². The molecule has 2 fully saturated rings. The zero-order chi connectivity index (χ0) is 13.1. The van der Waals surface area contributed by atoms with Crippen LogP contribution in [-0.2, 0) is 0 Å². The minimum Gasteiger partial charge on any atom is -0.478 e. The van der Waals surface area contributed by atoms with Crippen molar-refractivity contribution in [2.75, 3.05) is 0 Å². The van der Waals surface area contributed by atoms with Crippen LogP contribution in [0.25, 0.3) is 11.0 Å². The predicted octanol–water partition coefficient (Wildman–Crippen LogP) is 2.91. The number of carboxylic acids is 1. The minimum atomic E-state index is -1.14. The number of halogens is 1. The van der Waals surface area contributed by atoms with Crippen LogP contribution in [0.3, 0.4) is 0 Å². The van der Waals surface area contributed by atoms with Gasteiger partial charge in [0.15, 0.2) is 0 Å². The minimum absolute atomic E-state index is 0.0688. The lowest BCUT2D eigenvalue weighted by molar-refractivity contribution is 0.0698. The van der Waals surface area contributed by atoms with Crippen LogP contribution >= 0.6 is 0 Å². The molecule has 2 unspecified atom stereocenters. The predicted molar refractivity (Wildman–Crippen MR) is 66.6 cm³/mol. The normalized spacial score (nSPS) is 28.6. The van der Waals surface area contributed by atoms with Crippen LogP contribution < -0.4 is 0 Å². The number of fused-ring (bicyclic) bond motifs is 2. The molecule has 2 aliphatic carbocycles. The number of nitrogens with zero attached hydrogens (tertiary/aromatic N) is 1. The van der Waals surface area contributed by atoms with E-state index in [2.05, 4.69) is 9.97 Å². The third-order valence-corrected chi connectivity index (χ3v) is 4.43. The first-order valence-corrected chi connectivity index (χ1v) is 6.54. The van der Waals surface area contributed by atoms with Gasteiger partial charge in [0, 0.05) is 5.92 Å². The standard InChI is InChI=1S/C14H13FN2O2/c15-9-4-10(14(18)19)12-11(5-9)16-13(17-12)8-2-6-1-7(6)3-8/h4-8H,1-3H2,(H,16,17)(H,18,19). The highest BCUT2D eigenvalue weighted by molar-refractivity contribution is 6.01. The van der Waals surface area contributed by atoms with Crippen molar-refractivity contribution in [3.05, 3.63) is 29.3 Å². The van der Waals surface area contributed by atoms with E-state index in [1.54, 1.807) is 0 Å². The maximum absolute atomic E-state index is 13.4. The van der Waals surface area contributed by atoms with E-state index in [0.29, 0.717) is 17.0 Å². The Labute approximate surface area is 108 Å². The monoisotopic (exact) mass is 260 g/mol. The molecular formula is C14H13FN2O2. The molecule has 0 amide bonds. The molecule has 2 aromatic rings. The van der Waals surface area contributed by atoms with Crippen molar-refractivity contribution in [1.82, 2.24) is 9.97 Å². The fourth-order valence-electron chi connectivity index (χ4n) is 3.40. The van der Waals surface area contributed by atoms with E-state index in [-0.39, 0.29) is 5.56 Å². The number of carboxylic acid groups (broad SMARTS) is 1. The molecule has 5 heteroatoms. The Morgan fingerprint density at radius 1 is 1.32 bits per heavy atom. The molecule has 19 heavy (non-hydrogen) atoms. The van der Waals surface area contributed by atoms with Gasteiger partial charge in [0.1, 0.15) is 17.2 Å². The SMILES string of the molecule is O=C(O)c1cc(F)cc2[nH]c(C3CC4CC4C3)nc12. The lowest BCUT2D eigenvalue weighted by Gasteiger charge is -2.06. The van der Waals surface area contributed by atoms with Gasteiger partial charge in [-0.15, -0.1) is 0 Å². The van der Waals surface area contributed by atoms with Crippen molar-refractivity contribution >= 4 is 17.0 Å². The number of imidazole rings is 1. The first-order chi connectivity index (χ1) is 9.11. The van der Waals surface area contributed by atoms with Crippen molar-refractivity contribution in [1.29, 1.82) is 0 Å². The molecule has 0 saturated heterocycles. The summed E-state index contributed by atoms with van der Waals surface area (Å²) in [5.74, 6) is 1.16. The second-order valence-electron chi connectivity index (χ2n) is 5.70. The van der Waals surface area contributed by atoms with Crippen LogP contribution in [0, 0.1) is 17.7 Å². The summed E-state index contributed by atoms with van der Waals surface area (Å²) in [5, 5.41) is 9.11. The van der Waals surface area contributed by atoms with Crippen LogP contribution in [0.15, 0.2) is 12.1 Å². The van der Waals surface area contributed by atoms with Crippen molar-refractivity contribution in [2.24, 2.45) is 11.8 Å². The van der Waals surface area contributed by atoms with Gasteiger partial charge in [-0.2, -0.15) is 0 Å². The first-order valence-electron chi connectivity index (χ1n) is 6.54. The first kappa shape index (κ1) is 11.0. The molecule has 98 valence electrons. The highest BCUT2D eigenvalue weighted by Crippen LogP contribution is 2.57. The van der Waals surface area contributed by atoms with E-state index < -0.39 is 11.8 Å². The van der Waals surface area contributed by atoms with E-state index in [1.165, 1.54) is 12.5 Å². The molecule has 2 saturated carbocycles. The summed E-state index contributed by atoms with van der Waals surface area (Å²) in [6.45, 7) is 0. The van der Waals surface area contributed by atoms with E-state index in [0.717, 1.165) is 36.6 Å². The average Bonchev–Trinajstić information content (AvgIpc) is 2.81. The maximum atomic E-state index is 13.4. The number of carbonyl (C=O) groups is 1. The molecule has 4 nitrogen and oxygen atoms in total. The van der Waals surface area contributed by atoms with E-state index in [1.807, 2.05) is 0 Å². The molecule has 1 heterocycles. The molecule has 1 aromatic carbocycles. The number of aromatic amines is 1. The number of aromatic carboxylic acids is 1. The zero-order valence-electron chi connectivity index (χ0n) is 10.2. The van der Waals surface area contributed by atoms with Crippen molar-refractivity contribution in [2.45, 2.75) is 25.2 Å². The van der Waals surface area contributed by atoms with Gasteiger partial charge in [-0.05, 0) is 43.2 Å².